The Morgan fingerprint density at radius 1 is 0.971 bits per heavy atom. The maximum Gasteiger partial charge on any atom is 0.326 e. The van der Waals surface area contributed by atoms with Crippen LogP contribution in [0.1, 0.15) is 34.3 Å². The average molecular weight is 488 g/mol. The number of sulfonamides is 1. The number of amides is 2. The summed E-state index contributed by atoms with van der Waals surface area (Å²) in [6.45, 7) is 4.53. The first-order valence-corrected chi connectivity index (χ1v) is 12.5. The lowest BCUT2D eigenvalue weighted by atomic mass is 10.1. The molecule has 0 aromatic heterocycles. The molecule has 0 radical (unpaired) electrons. The Labute approximate surface area is 199 Å². The number of carbonyl (C=O) groups is 3. The number of rotatable bonds is 8. The Bertz CT molecular complexity index is 1160. The molecule has 10 heteroatoms. The molecule has 0 spiro atoms. The summed E-state index contributed by atoms with van der Waals surface area (Å²) >= 11 is 0. The SMILES string of the molecule is Cc1ccc(S(=O)(=O)N2CCN(C(=O)CC[C@H](NC(=O)c3ccccc3)C(=O)O)CC2)cc1C. The fourth-order valence-corrected chi connectivity index (χ4v) is 5.22. The molecule has 0 aliphatic carbocycles. The van der Waals surface area contributed by atoms with Crippen molar-refractivity contribution in [3.8, 4) is 0 Å². The van der Waals surface area contributed by atoms with E-state index in [4.69, 9.17) is 0 Å². The second-order valence-corrected chi connectivity index (χ2v) is 10.2. The summed E-state index contributed by atoms with van der Waals surface area (Å²) in [6, 6.07) is 12.1. The number of hydrogen-bond acceptors (Lipinski definition) is 5. The second kappa shape index (κ2) is 10.8. The molecule has 1 aliphatic heterocycles. The van der Waals surface area contributed by atoms with Gasteiger partial charge in [0.2, 0.25) is 15.9 Å². The molecular formula is C24H29N3O6S. The van der Waals surface area contributed by atoms with Gasteiger partial charge in [0.05, 0.1) is 4.90 Å². The summed E-state index contributed by atoms with van der Waals surface area (Å²) in [4.78, 5) is 38.2. The van der Waals surface area contributed by atoms with Gasteiger partial charge < -0.3 is 15.3 Å². The van der Waals surface area contributed by atoms with Crippen molar-refractivity contribution in [1.29, 1.82) is 0 Å². The van der Waals surface area contributed by atoms with Gasteiger partial charge in [-0.05, 0) is 55.7 Å². The average Bonchev–Trinajstić information content (AvgIpc) is 2.83. The molecule has 2 aromatic rings. The molecule has 0 bridgehead atoms. The summed E-state index contributed by atoms with van der Waals surface area (Å²) in [6.07, 6.45) is -0.135. The minimum atomic E-state index is -3.66. The Hall–Kier alpha value is -3.24. The minimum Gasteiger partial charge on any atom is -0.480 e. The molecule has 182 valence electrons. The maximum absolute atomic E-state index is 13.0. The third-order valence-electron chi connectivity index (χ3n) is 5.99. The zero-order valence-corrected chi connectivity index (χ0v) is 20.0. The van der Waals surface area contributed by atoms with Crippen molar-refractivity contribution in [2.24, 2.45) is 0 Å². The smallest absolute Gasteiger partial charge is 0.326 e. The van der Waals surface area contributed by atoms with Crippen LogP contribution in [0.15, 0.2) is 53.4 Å². The fourth-order valence-electron chi connectivity index (χ4n) is 3.72. The van der Waals surface area contributed by atoms with Gasteiger partial charge in [0.1, 0.15) is 6.04 Å². The number of nitrogens with one attached hydrogen (secondary N) is 1. The van der Waals surface area contributed by atoms with E-state index in [9.17, 15) is 27.9 Å². The molecule has 2 aromatic carbocycles. The first kappa shape index (κ1) is 25.4. The Morgan fingerprint density at radius 3 is 2.21 bits per heavy atom. The summed E-state index contributed by atoms with van der Waals surface area (Å²) in [5.74, 6) is -2.02. The van der Waals surface area contributed by atoms with Crippen molar-refractivity contribution in [3.63, 3.8) is 0 Å². The van der Waals surface area contributed by atoms with E-state index >= 15 is 0 Å². The molecule has 1 atom stereocenters. The molecule has 1 heterocycles. The van der Waals surface area contributed by atoms with Gasteiger partial charge in [-0.1, -0.05) is 24.3 Å². The van der Waals surface area contributed by atoms with Crippen molar-refractivity contribution < 1.29 is 27.9 Å². The van der Waals surface area contributed by atoms with Gasteiger partial charge in [-0.2, -0.15) is 4.31 Å². The molecule has 3 rings (SSSR count). The summed E-state index contributed by atoms with van der Waals surface area (Å²) in [7, 11) is -3.66. The number of aryl methyl sites for hydroxylation is 2. The topological polar surface area (TPSA) is 124 Å². The van der Waals surface area contributed by atoms with Crippen LogP contribution in [-0.2, 0) is 19.6 Å². The predicted molar refractivity (Wildman–Crippen MR) is 126 cm³/mol. The van der Waals surface area contributed by atoms with Crippen molar-refractivity contribution in [1.82, 2.24) is 14.5 Å². The highest BCUT2D eigenvalue weighted by Gasteiger charge is 2.31. The fraction of sp³-hybridized carbons (Fsp3) is 0.375. The van der Waals surface area contributed by atoms with Crippen molar-refractivity contribution >= 4 is 27.8 Å². The standard InChI is InChI=1S/C24H29N3O6S/c1-17-8-9-20(16-18(17)2)34(32,33)27-14-12-26(13-15-27)22(28)11-10-21(24(30)31)25-23(29)19-6-4-3-5-7-19/h3-9,16,21H,10-15H2,1-2H3,(H,25,29)(H,30,31)/t21-/m0/s1. The predicted octanol–water partition coefficient (Wildman–Crippen LogP) is 1.80. The number of carboxylic acids is 1. The van der Waals surface area contributed by atoms with Crippen molar-refractivity contribution in [3.05, 3.63) is 65.2 Å². The monoisotopic (exact) mass is 487 g/mol. The third-order valence-corrected chi connectivity index (χ3v) is 7.89. The number of aliphatic carboxylic acids is 1. The van der Waals surface area contributed by atoms with Gasteiger partial charge in [-0.25, -0.2) is 13.2 Å². The van der Waals surface area contributed by atoms with Crippen molar-refractivity contribution in [2.75, 3.05) is 26.2 Å². The van der Waals surface area contributed by atoms with Crippen LogP contribution in [0.4, 0.5) is 0 Å². The lowest BCUT2D eigenvalue weighted by Crippen LogP contribution is -2.50. The van der Waals surface area contributed by atoms with E-state index in [1.807, 2.05) is 13.8 Å². The lowest BCUT2D eigenvalue weighted by Gasteiger charge is -2.34. The maximum atomic E-state index is 13.0. The molecule has 9 nitrogen and oxygen atoms in total. The Balaban J connectivity index is 1.54. The molecule has 0 unspecified atom stereocenters. The highest BCUT2D eigenvalue weighted by atomic mass is 32.2. The molecule has 2 N–H and O–H groups in total. The van der Waals surface area contributed by atoms with Crippen LogP contribution >= 0.6 is 0 Å². The van der Waals surface area contributed by atoms with Crippen LogP contribution in [0, 0.1) is 13.8 Å². The highest BCUT2D eigenvalue weighted by molar-refractivity contribution is 7.89. The Kier molecular flexibility index (Phi) is 8.06. The van der Waals surface area contributed by atoms with Crippen LogP contribution in [0.5, 0.6) is 0 Å². The lowest BCUT2D eigenvalue weighted by molar-refractivity contribution is -0.139. The number of piperazine rings is 1. The quantitative estimate of drug-likeness (QED) is 0.585. The van der Waals surface area contributed by atoms with E-state index in [0.717, 1.165) is 11.1 Å². The van der Waals surface area contributed by atoms with Crippen LogP contribution in [0.3, 0.4) is 0 Å². The highest BCUT2D eigenvalue weighted by Crippen LogP contribution is 2.21. The summed E-state index contributed by atoms with van der Waals surface area (Å²) < 4.78 is 27.3. The first-order valence-electron chi connectivity index (χ1n) is 11.0. The molecule has 1 aliphatic rings. The van der Waals surface area contributed by atoms with E-state index in [2.05, 4.69) is 5.32 Å². The van der Waals surface area contributed by atoms with Crippen molar-refractivity contribution in [2.45, 2.75) is 37.6 Å². The van der Waals surface area contributed by atoms with Gasteiger partial charge in [-0.15, -0.1) is 0 Å². The third kappa shape index (κ3) is 6.00. The molecule has 1 saturated heterocycles. The molecule has 1 fully saturated rings. The largest absolute Gasteiger partial charge is 0.480 e. The number of carboxylic acid groups (broad SMARTS) is 1. The summed E-state index contributed by atoms with van der Waals surface area (Å²) in [5, 5.41) is 11.9. The van der Waals surface area contributed by atoms with Crippen LogP contribution in [0.25, 0.3) is 0 Å². The molecular weight excluding hydrogens is 458 g/mol. The van der Waals surface area contributed by atoms with E-state index in [0.29, 0.717) is 5.56 Å². The van der Waals surface area contributed by atoms with E-state index in [-0.39, 0.29) is 49.8 Å². The number of nitrogens with zero attached hydrogens (tertiary/aromatic N) is 2. The van der Waals surface area contributed by atoms with Crippen LogP contribution < -0.4 is 5.32 Å². The molecule has 34 heavy (non-hydrogen) atoms. The number of benzene rings is 2. The van der Waals surface area contributed by atoms with Crippen LogP contribution in [0.2, 0.25) is 0 Å². The van der Waals surface area contributed by atoms with E-state index < -0.39 is 27.9 Å². The first-order chi connectivity index (χ1) is 16.1. The van der Waals surface area contributed by atoms with Gasteiger partial charge in [0.15, 0.2) is 0 Å². The Morgan fingerprint density at radius 2 is 1.62 bits per heavy atom. The van der Waals surface area contributed by atoms with Gasteiger partial charge in [0.25, 0.3) is 5.91 Å². The van der Waals surface area contributed by atoms with Gasteiger partial charge in [0, 0.05) is 38.2 Å². The minimum absolute atomic E-state index is 0.0616. The van der Waals surface area contributed by atoms with Crippen LogP contribution in [-0.4, -0.2) is 72.7 Å². The zero-order valence-electron chi connectivity index (χ0n) is 19.2. The number of carbonyl (C=O) groups excluding carboxylic acids is 2. The number of hydrogen-bond donors (Lipinski definition) is 2. The van der Waals surface area contributed by atoms with E-state index in [1.165, 1.54) is 9.21 Å². The molecule has 0 saturated carbocycles. The second-order valence-electron chi connectivity index (χ2n) is 8.30. The normalized spacial score (nSPS) is 15.5. The van der Waals surface area contributed by atoms with E-state index in [1.54, 1.807) is 48.5 Å². The van der Waals surface area contributed by atoms with Gasteiger partial charge >= 0.3 is 5.97 Å². The van der Waals surface area contributed by atoms with Gasteiger partial charge in [-0.3, -0.25) is 9.59 Å². The molecule has 2 amide bonds. The summed E-state index contributed by atoms with van der Waals surface area (Å²) in [5.41, 5.74) is 2.23. The zero-order chi connectivity index (χ0) is 24.9.